The number of benzene rings is 6. The molecule has 0 amide bonds. The van der Waals surface area contributed by atoms with Crippen LogP contribution in [-0.2, 0) is 123 Å². The minimum absolute atomic E-state index is 0.0125. The van der Waals surface area contributed by atoms with Crippen molar-refractivity contribution in [3.05, 3.63) is 204 Å². The normalized spacial score (nSPS) is 27.7. The third-order valence-electron chi connectivity index (χ3n) is 17.3. The van der Waals surface area contributed by atoms with Crippen LogP contribution in [0.4, 0.5) is 0 Å². The zero-order chi connectivity index (χ0) is 75.4. The topological polar surface area (TPSA) is 329 Å². The number of hydrogen-bond donors (Lipinski definition) is 0. The molecule has 4 heterocycles. The molecule has 28 nitrogen and oxygen atoms in total. The first-order valence-corrected chi connectivity index (χ1v) is 34.4. The van der Waals surface area contributed by atoms with Crippen LogP contribution in [0.2, 0.25) is 0 Å². The Morgan fingerprint density at radius 3 is 1.33 bits per heavy atom. The molecule has 0 N–H and O–H groups in total. The monoisotopic (exact) mass is 1470 g/mol. The molecule has 0 radical (unpaired) electrons. The van der Waals surface area contributed by atoms with Crippen molar-refractivity contribution in [2.45, 2.75) is 191 Å². The molecule has 4 saturated heterocycles. The van der Waals surface area contributed by atoms with E-state index in [4.69, 9.17) is 90.0 Å². The molecule has 4 fully saturated rings. The summed E-state index contributed by atoms with van der Waals surface area (Å²) in [6.45, 7) is 7.13. The fourth-order valence-corrected chi connectivity index (χ4v) is 12.3. The van der Waals surface area contributed by atoms with E-state index in [0.717, 1.165) is 33.3 Å². The number of rotatable bonds is 30. The van der Waals surface area contributed by atoms with E-state index in [1.165, 1.54) is 57.4 Å². The number of carbonyl (C=O) groups is 9. The van der Waals surface area contributed by atoms with Gasteiger partial charge >= 0.3 is 47.8 Å². The number of Topliss-reactive ketones (excluding diaryl/α,β-unsaturated/α-hetero) is 1. The Morgan fingerprint density at radius 1 is 0.377 bits per heavy atom. The number of carbonyl (C=O) groups excluding carboxylic acids is 9. The summed E-state index contributed by atoms with van der Waals surface area (Å²) in [5.41, 5.74) is 1.54. The molecule has 4 aliphatic heterocycles. The van der Waals surface area contributed by atoms with Gasteiger partial charge in [-0.3, -0.25) is 24.0 Å². The van der Waals surface area contributed by atoms with Gasteiger partial charge in [0.1, 0.15) is 54.4 Å². The van der Waals surface area contributed by atoms with Crippen LogP contribution in [0.25, 0.3) is 0 Å². The van der Waals surface area contributed by atoms with Gasteiger partial charge in [0.15, 0.2) is 67.7 Å². The first-order valence-electron chi connectivity index (χ1n) is 34.4. The summed E-state index contributed by atoms with van der Waals surface area (Å²) in [5, 5.41) is 0. The summed E-state index contributed by atoms with van der Waals surface area (Å²) in [6, 6.07) is 48.4. The van der Waals surface area contributed by atoms with E-state index in [0.29, 0.717) is 17.1 Å². The second-order valence-electron chi connectivity index (χ2n) is 25.2. The molecule has 6 aromatic carbocycles. The van der Waals surface area contributed by atoms with Crippen molar-refractivity contribution in [2.24, 2.45) is 0 Å². The first kappa shape index (κ1) is 78.6. The molecule has 4 aliphatic rings. The number of ether oxygens (including phenoxy) is 19. The Labute approximate surface area is 611 Å². The van der Waals surface area contributed by atoms with Gasteiger partial charge in [0.2, 0.25) is 6.29 Å². The van der Waals surface area contributed by atoms with E-state index in [1.54, 1.807) is 85.8 Å². The SMILES string of the molecule is COc1ccc(O[C@H]2O[C@H](C)[C@@H](OCc3ccccc3)[C@H](O[C@@H]3OC[C@@H](O[C@@H]4O[C@H](COC(C)=O)[C@H](OC(C)=O)[C@H](OC(C)=O)[C@H]4OC(=O)CCC(C)=O)[C@H](OC(C)=O)[C@H]3O[C@@H]3O[C@H](C)[C@@H](OC(=O)c4ccccc4)[C@H](OC(=O)c4ccccc4)[C@H]3OC(=O)c3ccccc3)[C@H]2OCc2ccccc2)cc1. The maximum absolute atomic E-state index is 14.9. The highest BCUT2D eigenvalue weighted by atomic mass is 16.8. The van der Waals surface area contributed by atoms with Crippen LogP contribution >= 0.6 is 0 Å². The largest absolute Gasteiger partial charge is 0.497 e. The van der Waals surface area contributed by atoms with Crippen molar-refractivity contribution in [2.75, 3.05) is 20.3 Å². The lowest BCUT2D eigenvalue weighted by atomic mass is 9.96. The Balaban J connectivity index is 1.14. The first-order chi connectivity index (χ1) is 51.1. The Bertz CT molecular complexity index is 3890. The predicted octanol–water partition coefficient (Wildman–Crippen LogP) is 8.29. The van der Waals surface area contributed by atoms with Crippen LogP contribution in [0.15, 0.2) is 176 Å². The average Bonchev–Trinajstić information content (AvgIpc) is 0.766. The molecule has 0 aromatic heterocycles. The number of esters is 8. The van der Waals surface area contributed by atoms with Crippen LogP contribution in [-0.4, -0.2) is 191 Å². The van der Waals surface area contributed by atoms with Gasteiger partial charge in [-0.05, 0) is 92.6 Å². The molecular weight excluding hydrogens is 1380 g/mol. The van der Waals surface area contributed by atoms with Crippen LogP contribution in [0.5, 0.6) is 11.5 Å². The highest BCUT2D eigenvalue weighted by Gasteiger charge is 2.60. The molecule has 19 atom stereocenters. The predicted molar refractivity (Wildman–Crippen MR) is 365 cm³/mol. The summed E-state index contributed by atoms with van der Waals surface area (Å²) in [5.74, 6) is -7.27. The highest BCUT2D eigenvalue weighted by Crippen LogP contribution is 2.40. The van der Waals surface area contributed by atoms with Crippen LogP contribution < -0.4 is 9.47 Å². The number of ketones is 1. The molecule has 10 rings (SSSR count). The molecule has 0 aliphatic carbocycles. The van der Waals surface area contributed by atoms with Gasteiger partial charge < -0.3 is 94.8 Å². The van der Waals surface area contributed by atoms with E-state index in [9.17, 15) is 43.2 Å². The minimum atomic E-state index is -2.03. The van der Waals surface area contributed by atoms with Gasteiger partial charge in [0, 0.05) is 34.1 Å². The van der Waals surface area contributed by atoms with Gasteiger partial charge in [0.25, 0.3) is 0 Å². The standard InChI is InChI=1S/C78H84O28/c1-44(79)34-39-60(84)101-70-67(97-50(7)83)63(95-48(5)81)58(42-89-47(4)80)99-78(70)100-59-43-92-75(105-65-61(90-40-51-24-14-9-15-25-51)45(2)93-76(98-57-37-35-56(88-8)36-38-57)68(65)91-41-52-26-16-10-17-27-52)69(64(59)96-49(6)82)106-77-71(104-74(87)55-32-22-13-23-33-55)66(103-73(86)54-30-20-12-21-31-54)62(46(3)94-77)102-72(85)53-28-18-11-19-29-53/h9-33,35-38,45-46,58-59,61-71,75-78H,34,39-43H2,1-8H3/t45-,46-,58-,59-,61-,62-,63+,64+,65+,66+,67+,68-,69-,70-,71-,75+,76-,77+,78+/m1/s1. The van der Waals surface area contributed by atoms with Crippen LogP contribution in [0, 0.1) is 0 Å². The maximum atomic E-state index is 14.9. The van der Waals surface area contributed by atoms with Crippen LogP contribution in [0.1, 0.15) is 104 Å². The van der Waals surface area contributed by atoms with E-state index in [-0.39, 0.29) is 36.3 Å². The lowest BCUT2D eigenvalue weighted by Gasteiger charge is -2.50. The fraction of sp³-hybridized carbons (Fsp3) is 0.423. The van der Waals surface area contributed by atoms with Crippen LogP contribution in [0.3, 0.4) is 0 Å². The molecule has 0 unspecified atom stereocenters. The van der Waals surface area contributed by atoms with Gasteiger partial charge in [-0.25, -0.2) is 14.4 Å². The quantitative estimate of drug-likeness (QED) is 0.0302. The smallest absolute Gasteiger partial charge is 0.338 e. The summed E-state index contributed by atoms with van der Waals surface area (Å²) >= 11 is 0. The van der Waals surface area contributed by atoms with Crippen molar-refractivity contribution in [1.29, 1.82) is 0 Å². The molecule has 0 saturated carbocycles. The van der Waals surface area contributed by atoms with E-state index < -0.39 is 190 Å². The van der Waals surface area contributed by atoms with Crippen molar-refractivity contribution in [3.63, 3.8) is 0 Å². The Hall–Kier alpha value is -10.0. The molecule has 6 aromatic rings. The lowest BCUT2D eigenvalue weighted by Crippen LogP contribution is -2.68. The molecule has 106 heavy (non-hydrogen) atoms. The lowest BCUT2D eigenvalue weighted by molar-refractivity contribution is -0.389. The zero-order valence-corrected chi connectivity index (χ0v) is 59.4. The summed E-state index contributed by atoms with van der Waals surface area (Å²) in [6.07, 6.45) is -32.4. The van der Waals surface area contributed by atoms with Crippen molar-refractivity contribution in [3.8, 4) is 11.5 Å². The van der Waals surface area contributed by atoms with Gasteiger partial charge in [-0.1, -0.05) is 115 Å². The average molecular weight is 1470 g/mol. The highest BCUT2D eigenvalue weighted by molar-refractivity contribution is 5.91. The number of methoxy groups -OCH3 is 1. The van der Waals surface area contributed by atoms with E-state index >= 15 is 0 Å². The maximum Gasteiger partial charge on any atom is 0.338 e. The van der Waals surface area contributed by atoms with Gasteiger partial charge in [0.05, 0.1) is 62.2 Å². The third kappa shape index (κ3) is 21.4. The Morgan fingerprint density at radius 2 is 0.811 bits per heavy atom. The Kier molecular flexibility index (Phi) is 28.0. The van der Waals surface area contributed by atoms with E-state index in [2.05, 4.69) is 0 Å². The van der Waals surface area contributed by atoms with Crippen molar-refractivity contribution < 1.29 is 133 Å². The molecule has 28 heteroatoms. The summed E-state index contributed by atoms with van der Waals surface area (Å²) < 4.78 is 123. The molecule has 0 bridgehead atoms. The van der Waals surface area contributed by atoms with Crippen molar-refractivity contribution >= 4 is 53.5 Å². The van der Waals surface area contributed by atoms with Gasteiger partial charge in [-0.2, -0.15) is 0 Å². The fourth-order valence-electron chi connectivity index (χ4n) is 12.3. The third-order valence-corrected chi connectivity index (χ3v) is 17.3. The number of hydrogen-bond acceptors (Lipinski definition) is 28. The second kappa shape index (κ2) is 37.8. The second-order valence-corrected chi connectivity index (χ2v) is 25.2. The van der Waals surface area contributed by atoms with Gasteiger partial charge in [-0.15, -0.1) is 0 Å². The minimum Gasteiger partial charge on any atom is -0.497 e. The van der Waals surface area contributed by atoms with Crippen molar-refractivity contribution in [1.82, 2.24) is 0 Å². The molecule has 564 valence electrons. The summed E-state index contributed by atoms with van der Waals surface area (Å²) in [7, 11) is 1.51. The molecule has 0 spiro atoms. The van der Waals surface area contributed by atoms with E-state index in [1.807, 2.05) is 60.7 Å². The zero-order valence-electron chi connectivity index (χ0n) is 59.4. The summed E-state index contributed by atoms with van der Waals surface area (Å²) in [4.78, 5) is 123. The molecular formula is C78H84O28.